The maximum Gasteiger partial charge on any atom is 0.279 e. The van der Waals surface area contributed by atoms with Gasteiger partial charge in [0.25, 0.3) is 10.2 Å². The topological polar surface area (TPSA) is 69.6 Å². The first-order valence-electron chi connectivity index (χ1n) is 5.80. The molecule has 1 saturated heterocycles. The van der Waals surface area contributed by atoms with Crippen LogP contribution in [-0.2, 0) is 10.2 Å². The van der Waals surface area contributed by atoms with Gasteiger partial charge in [-0.1, -0.05) is 0 Å². The van der Waals surface area contributed by atoms with Crippen LogP contribution in [0.3, 0.4) is 0 Å². The van der Waals surface area contributed by atoms with E-state index < -0.39 is 16.3 Å². The molecule has 0 saturated carbocycles. The van der Waals surface area contributed by atoms with Crippen LogP contribution in [0.5, 0.6) is 0 Å². The van der Waals surface area contributed by atoms with Crippen molar-refractivity contribution in [3.8, 4) is 0 Å². The third-order valence-corrected chi connectivity index (χ3v) is 4.50. The van der Waals surface area contributed by atoms with Gasteiger partial charge in [0.15, 0.2) is 0 Å². The highest BCUT2D eigenvalue weighted by atomic mass is 32.2. The highest BCUT2D eigenvalue weighted by Crippen LogP contribution is 2.24. The molecule has 0 aromatic carbocycles. The average molecular weight is 250 g/mol. The molecule has 1 aliphatic heterocycles. The Morgan fingerprint density at radius 1 is 1.44 bits per heavy atom. The van der Waals surface area contributed by atoms with Crippen LogP contribution in [0.1, 0.15) is 40.0 Å². The Hall–Kier alpha value is -0.170. The van der Waals surface area contributed by atoms with Crippen LogP contribution in [0, 0.1) is 0 Å². The van der Waals surface area contributed by atoms with Crippen molar-refractivity contribution in [2.45, 2.75) is 58.2 Å². The Bertz CT molecular complexity index is 314. The first-order valence-corrected chi connectivity index (χ1v) is 7.24. The van der Waals surface area contributed by atoms with E-state index >= 15 is 0 Å². The highest BCUT2D eigenvalue weighted by molar-refractivity contribution is 7.87. The lowest BCUT2D eigenvalue weighted by atomic mass is 10.1. The van der Waals surface area contributed by atoms with Crippen LogP contribution in [0.4, 0.5) is 0 Å². The van der Waals surface area contributed by atoms with Gasteiger partial charge in [-0.05, 0) is 40.0 Å². The third kappa shape index (κ3) is 3.69. The molecule has 6 heteroatoms. The van der Waals surface area contributed by atoms with Crippen LogP contribution in [0.25, 0.3) is 0 Å². The van der Waals surface area contributed by atoms with Crippen LogP contribution in [-0.4, -0.2) is 42.6 Å². The van der Waals surface area contributed by atoms with Gasteiger partial charge in [0.2, 0.25) is 0 Å². The summed E-state index contributed by atoms with van der Waals surface area (Å²) < 4.78 is 28.0. The molecule has 2 unspecified atom stereocenters. The minimum Gasteiger partial charge on any atom is -0.393 e. The number of aliphatic hydroxyl groups is 1. The summed E-state index contributed by atoms with van der Waals surface area (Å²) in [6, 6.07) is -0.158. The average Bonchev–Trinajstić information content (AvgIpc) is 2.48. The summed E-state index contributed by atoms with van der Waals surface area (Å²) in [5.74, 6) is 0. The molecule has 0 radical (unpaired) electrons. The van der Waals surface area contributed by atoms with Gasteiger partial charge >= 0.3 is 0 Å². The zero-order chi connectivity index (χ0) is 12.3. The second kappa shape index (κ2) is 5.44. The molecular weight excluding hydrogens is 228 g/mol. The first kappa shape index (κ1) is 13.9. The van der Waals surface area contributed by atoms with Crippen molar-refractivity contribution in [2.75, 3.05) is 6.54 Å². The first-order chi connectivity index (χ1) is 7.33. The van der Waals surface area contributed by atoms with Gasteiger partial charge in [0.05, 0.1) is 6.10 Å². The molecule has 96 valence electrons. The van der Waals surface area contributed by atoms with Gasteiger partial charge in [-0.3, -0.25) is 0 Å². The zero-order valence-corrected chi connectivity index (χ0v) is 11.0. The fraction of sp³-hybridized carbons (Fsp3) is 1.00. The largest absolute Gasteiger partial charge is 0.393 e. The monoisotopic (exact) mass is 250 g/mol. The van der Waals surface area contributed by atoms with Crippen molar-refractivity contribution in [1.82, 2.24) is 9.03 Å². The molecule has 0 aromatic rings. The second-order valence-electron chi connectivity index (χ2n) is 4.77. The third-order valence-electron chi connectivity index (χ3n) is 2.63. The van der Waals surface area contributed by atoms with Crippen molar-refractivity contribution < 1.29 is 13.5 Å². The Kier molecular flexibility index (Phi) is 4.73. The SMILES string of the molecule is CC(O)CC1CCCN1S(=O)(=O)NC(C)C. The smallest absolute Gasteiger partial charge is 0.279 e. The predicted molar refractivity (Wildman–Crippen MR) is 63.2 cm³/mol. The molecule has 0 amide bonds. The van der Waals surface area contributed by atoms with E-state index in [0.717, 1.165) is 12.8 Å². The summed E-state index contributed by atoms with van der Waals surface area (Å²) in [5, 5.41) is 9.34. The number of aliphatic hydroxyl groups excluding tert-OH is 1. The molecular formula is C10H22N2O3S. The van der Waals surface area contributed by atoms with E-state index in [1.165, 1.54) is 4.31 Å². The van der Waals surface area contributed by atoms with Crippen molar-refractivity contribution in [3.63, 3.8) is 0 Å². The van der Waals surface area contributed by atoms with E-state index in [-0.39, 0.29) is 12.1 Å². The van der Waals surface area contributed by atoms with Crippen LogP contribution in [0.15, 0.2) is 0 Å². The van der Waals surface area contributed by atoms with Crippen molar-refractivity contribution in [2.24, 2.45) is 0 Å². The summed E-state index contributed by atoms with van der Waals surface area (Å²) in [7, 11) is -3.38. The van der Waals surface area contributed by atoms with Crippen LogP contribution >= 0.6 is 0 Å². The number of rotatable bonds is 5. The lowest BCUT2D eigenvalue weighted by molar-refractivity contribution is 0.157. The van der Waals surface area contributed by atoms with Gasteiger partial charge in [-0.2, -0.15) is 17.4 Å². The molecule has 0 aromatic heterocycles. The summed E-state index contributed by atoms with van der Waals surface area (Å²) in [6.07, 6.45) is 1.76. The van der Waals surface area contributed by atoms with E-state index in [1.54, 1.807) is 20.8 Å². The molecule has 0 spiro atoms. The van der Waals surface area contributed by atoms with Gasteiger partial charge in [0, 0.05) is 18.6 Å². The lowest BCUT2D eigenvalue weighted by Crippen LogP contribution is -2.46. The van der Waals surface area contributed by atoms with E-state index in [9.17, 15) is 13.5 Å². The normalized spacial score (nSPS) is 25.2. The summed E-state index contributed by atoms with van der Waals surface area (Å²) in [4.78, 5) is 0. The van der Waals surface area contributed by atoms with Gasteiger partial charge in [0.1, 0.15) is 0 Å². The molecule has 5 nitrogen and oxygen atoms in total. The van der Waals surface area contributed by atoms with Crippen molar-refractivity contribution >= 4 is 10.2 Å². The molecule has 1 heterocycles. The van der Waals surface area contributed by atoms with Gasteiger partial charge in [-0.25, -0.2) is 0 Å². The van der Waals surface area contributed by atoms with E-state index in [1.807, 2.05) is 0 Å². The highest BCUT2D eigenvalue weighted by Gasteiger charge is 2.34. The van der Waals surface area contributed by atoms with E-state index in [4.69, 9.17) is 0 Å². The molecule has 1 fully saturated rings. The molecule has 0 bridgehead atoms. The quantitative estimate of drug-likeness (QED) is 0.745. The van der Waals surface area contributed by atoms with Gasteiger partial charge < -0.3 is 5.11 Å². The molecule has 2 atom stereocenters. The fourth-order valence-electron chi connectivity index (χ4n) is 2.12. The van der Waals surface area contributed by atoms with Gasteiger partial charge in [-0.15, -0.1) is 0 Å². The zero-order valence-electron chi connectivity index (χ0n) is 10.2. The summed E-state index contributed by atoms with van der Waals surface area (Å²) in [6.45, 7) is 5.85. The van der Waals surface area contributed by atoms with E-state index in [0.29, 0.717) is 13.0 Å². The Balaban J connectivity index is 2.70. The minimum atomic E-state index is -3.38. The number of hydrogen-bond acceptors (Lipinski definition) is 3. The molecule has 16 heavy (non-hydrogen) atoms. The fourth-order valence-corrected chi connectivity index (χ4v) is 3.81. The second-order valence-corrected chi connectivity index (χ2v) is 6.42. The number of nitrogens with one attached hydrogen (secondary N) is 1. The Morgan fingerprint density at radius 2 is 2.06 bits per heavy atom. The Labute approximate surface area is 98.0 Å². The number of hydrogen-bond donors (Lipinski definition) is 2. The maximum absolute atomic E-state index is 12.0. The van der Waals surface area contributed by atoms with E-state index in [2.05, 4.69) is 4.72 Å². The minimum absolute atomic E-state index is 0.0590. The van der Waals surface area contributed by atoms with Crippen molar-refractivity contribution in [3.05, 3.63) is 0 Å². The Morgan fingerprint density at radius 3 is 2.56 bits per heavy atom. The molecule has 1 aliphatic rings. The standard InChI is InChI=1S/C10H22N2O3S/c1-8(2)11-16(14,15)12-6-4-5-10(12)7-9(3)13/h8-11,13H,4-7H2,1-3H3. The number of nitrogens with zero attached hydrogens (tertiary/aromatic N) is 1. The summed E-state index contributed by atoms with van der Waals surface area (Å²) >= 11 is 0. The summed E-state index contributed by atoms with van der Waals surface area (Å²) in [5.41, 5.74) is 0. The lowest BCUT2D eigenvalue weighted by Gasteiger charge is -2.26. The van der Waals surface area contributed by atoms with Crippen LogP contribution < -0.4 is 4.72 Å². The van der Waals surface area contributed by atoms with Crippen LogP contribution in [0.2, 0.25) is 0 Å². The van der Waals surface area contributed by atoms with Crippen molar-refractivity contribution in [1.29, 1.82) is 0 Å². The molecule has 0 aliphatic carbocycles. The predicted octanol–water partition coefficient (Wildman–Crippen LogP) is 0.464. The molecule has 2 N–H and O–H groups in total. The maximum atomic E-state index is 12.0. The molecule has 1 rings (SSSR count).